The van der Waals surface area contributed by atoms with E-state index in [0.717, 1.165) is 12.8 Å². The van der Waals surface area contributed by atoms with Crippen molar-refractivity contribution in [3.8, 4) is 11.6 Å². The highest BCUT2D eigenvalue weighted by molar-refractivity contribution is 5.94. The van der Waals surface area contributed by atoms with Crippen LogP contribution in [0, 0.1) is 6.92 Å². The Morgan fingerprint density at radius 3 is 2.72 bits per heavy atom. The Morgan fingerprint density at radius 2 is 2.03 bits per heavy atom. The fourth-order valence-electron chi connectivity index (χ4n) is 3.29. The fourth-order valence-corrected chi connectivity index (χ4v) is 3.29. The van der Waals surface area contributed by atoms with Gasteiger partial charge in [0.05, 0.1) is 6.54 Å². The van der Waals surface area contributed by atoms with Gasteiger partial charge in [0.15, 0.2) is 11.6 Å². The SMILES string of the molecule is Cc1ccc(C(=O)NCC(=O)N2CCC(c3noc(-c4ccccn4)n3)CC2)o1. The summed E-state index contributed by atoms with van der Waals surface area (Å²) in [6.45, 7) is 2.85. The second kappa shape index (κ2) is 8.26. The lowest BCUT2D eigenvalue weighted by atomic mass is 9.96. The van der Waals surface area contributed by atoms with Crippen LogP contribution in [0.4, 0.5) is 0 Å². The van der Waals surface area contributed by atoms with Crippen molar-refractivity contribution in [1.29, 1.82) is 0 Å². The Morgan fingerprint density at radius 1 is 1.21 bits per heavy atom. The number of likely N-dealkylation sites (tertiary alicyclic amines) is 1. The Hall–Kier alpha value is -3.49. The van der Waals surface area contributed by atoms with E-state index in [9.17, 15) is 9.59 Å². The van der Waals surface area contributed by atoms with Crippen molar-refractivity contribution in [1.82, 2.24) is 25.3 Å². The summed E-state index contributed by atoms with van der Waals surface area (Å²) in [5.74, 6) is 1.50. The number of amides is 2. The van der Waals surface area contributed by atoms with Crippen LogP contribution in [0.3, 0.4) is 0 Å². The predicted octanol–water partition coefficient (Wildman–Crippen LogP) is 2.17. The minimum absolute atomic E-state index is 0.0602. The van der Waals surface area contributed by atoms with Crippen LogP contribution in [-0.4, -0.2) is 51.5 Å². The van der Waals surface area contributed by atoms with E-state index in [1.165, 1.54) is 0 Å². The first kappa shape index (κ1) is 18.9. The second-order valence-corrected chi connectivity index (χ2v) is 6.92. The first-order chi connectivity index (χ1) is 14.1. The smallest absolute Gasteiger partial charge is 0.287 e. The summed E-state index contributed by atoms with van der Waals surface area (Å²) < 4.78 is 10.6. The number of furan rings is 1. The van der Waals surface area contributed by atoms with E-state index in [4.69, 9.17) is 8.94 Å². The quantitative estimate of drug-likeness (QED) is 0.704. The van der Waals surface area contributed by atoms with Crippen molar-refractivity contribution in [3.63, 3.8) is 0 Å². The van der Waals surface area contributed by atoms with Crippen LogP contribution in [0.15, 0.2) is 45.5 Å². The number of hydrogen-bond acceptors (Lipinski definition) is 7. The molecule has 150 valence electrons. The number of rotatable bonds is 5. The largest absolute Gasteiger partial charge is 0.456 e. The van der Waals surface area contributed by atoms with Gasteiger partial charge in [0.1, 0.15) is 11.5 Å². The van der Waals surface area contributed by atoms with Gasteiger partial charge < -0.3 is 19.2 Å². The van der Waals surface area contributed by atoms with E-state index < -0.39 is 5.91 Å². The molecule has 4 heterocycles. The van der Waals surface area contributed by atoms with Crippen molar-refractivity contribution in [3.05, 3.63) is 53.9 Å². The number of piperidine rings is 1. The van der Waals surface area contributed by atoms with Crippen LogP contribution in [0.2, 0.25) is 0 Å². The minimum atomic E-state index is -0.393. The summed E-state index contributed by atoms with van der Waals surface area (Å²) in [5, 5.41) is 6.69. The van der Waals surface area contributed by atoms with Gasteiger partial charge in [-0.15, -0.1) is 0 Å². The van der Waals surface area contributed by atoms with Crippen LogP contribution in [0.25, 0.3) is 11.6 Å². The van der Waals surface area contributed by atoms with Crippen molar-refractivity contribution >= 4 is 11.8 Å². The normalized spacial score (nSPS) is 14.7. The Kier molecular flexibility index (Phi) is 5.37. The van der Waals surface area contributed by atoms with Crippen molar-refractivity contribution in [2.24, 2.45) is 0 Å². The number of aryl methyl sites for hydroxylation is 1. The predicted molar refractivity (Wildman–Crippen MR) is 102 cm³/mol. The molecule has 0 bridgehead atoms. The molecule has 0 aliphatic carbocycles. The lowest BCUT2D eigenvalue weighted by Gasteiger charge is -2.30. The van der Waals surface area contributed by atoms with E-state index in [1.54, 1.807) is 30.2 Å². The maximum atomic E-state index is 12.4. The van der Waals surface area contributed by atoms with Crippen LogP contribution < -0.4 is 5.32 Å². The number of pyridine rings is 1. The molecule has 3 aromatic heterocycles. The topological polar surface area (TPSA) is 114 Å². The third-order valence-electron chi connectivity index (χ3n) is 4.90. The zero-order valence-electron chi connectivity index (χ0n) is 16.0. The van der Waals surface area contributed by atoms with Crippen molar-refractivity contribution in [2.45, 2.75) is 25.7 Å². The van der Waals surface area contributed by atoms with Gasteiger partial charge >= 0.3 is 0 Å². The van der Waals surface area contributed by atoms with E-state index in [2.05, 4.69) is 20.4 Å². The molecule has 1 aliphatic rings. The summed E-state index contributed by atoms with van der Waals surface area (Å²) in [5.41, 5.74) is 0.640. The zero-order valence-corrected chi connectivity index (χ0v) is 16.0. The first-order valence-corrected chi connectivity index (χ1v) is 9.47. The van der Waals surface area contributed by atoms with Gasteiger partial charge in [-0.05, 0) is 44.0 Å². The number of carbonyl (C=O) groups excluding carboxylic acids is 2. The highest BCUT2D eigenvalue weighted by atomic mass is 16.5. The van der Waals surface area contributed by atoms with Gasteiger partial charge in [0, 0.05) is 25.2 Å². The van der Waals surface area contributed by atoms with Crippen LogP contribution in [-0.2, 0) is 4.79 Å². The van der Waals surface area contributed by atoms with E-state index in [-0.39, 0.29) is 24.1 Å². The van der Waals surface area contributed by atoms with Gasteiger partial charge in [0.2, 0.25) is 5.91 Å². The molecule has 9 heteroatoms. The zero-order chi connectivity index (χ0) is 20.2. The second-order valence-electron chi connectivity index (χ2n) is 6.92. The molecule has 2 amide bonds. The average Bonchev–Trinajstić information content (AvgIpc) is 3.42. The number of aromatic nitrogens is 3. The monoisotopic (exact) mass is 395 g/mol. The minimum Gasteiger partial charge on any atom is -0.456 e. The molecule has 0 atom stereocenters. The van der Waals surface area contributed by atoms with E-state index in [1.807, 2.05) is 18.2 Å². The van der Waals surface area contributed by atoms with E-state index in [0.29, 0.717) is 36.3 Å². The molecule has 3 aromatic rings. The molecule has 0 unspecified atom stereocenters. The highest BCUT2D eigenvalue weighted by Crippen LogP contribution is 2.27. The molecule has 0 saturated carbocycles. The number of hydrogen-bond donors (Lipinski definition) is 1. The maximum absolute atomic E-state index is 12.4. The van der Waals surface area contributed by atoms with Crippen molar-refractivity contribution < 1.29 is 18.5 Å². The molecule has 9 nitrogen and oxygen atoms in total. The van der Waals surface area contributed by atoms with E-state index >= 15 is 0 Å². The molecule has 29 heavy (non-hydrogen) atoms. The average molecular weight is 395 g/mol. The van der Waals surface area contributed by atoms with Gasteiger partial charge in [-0.1, -0.05) is 11.2 Å². The number of nitrogens with one attached hydrogen (secondary N) is 1. The summed E-state index contributed by atoms with van der Waals surface area (Å²) in [6, 6.07) is 8.80. The molecule has 0 radical (unpaired) electrons. The number of carbonyl (C=O) groups is 2. The summed E-state index contributed by atoms with van der Waals surface area (Å²) in [7, 11) is 0. The van der Waals surface area contributed by atoms with Crippen molar-refractivity contribution in [2.75, 3.05) is 19.6 Å². The molecule has 0 spiro atoms. The fraction of sp³-hybridized carbons (Fsp3) is 0.350. The molecule has 1 aliphatic heterocycles. The third kappa shape index (κ3) is 4.34. The standard InChI is InChI=1S/C20H21N5O4/c1-13-5-6-16(28-13)19(27)22-12-17(26)25-10-7-14(8-11-25)18-23-20(29-24-18)15-4-2-3-9-21-15/h2-6,9,14H,7-8,10-12H2,1H3,(H,22,27). The van der Waals surface area contributed by atoms with Crippen LogP contribution >= 0.6 is 0 Å². The van der Waals surface area contributed by atoms with Gasteiger partial charge in [-0.25, -0.2) is 0 Å². The van der Waals surface area contributed by atoms with Crippen LogP contribution in [0.5, 0.6) is 0 Å². The summed E-state index contributed by atoms with van der Waals surface area (Å²) >= 11 is 0. The van der Waals surface area contributed by atoms with Gasteiger partial charge in [-0.2, -0.15) is 4.98 Å². The molecule has 0 aromatic carbocycles. The molecule has 1 fully saturated rings. The molecule has 1 N–H and O–H groups in total. The molecular weight excluding hydrogens is 374 g/mol. The summed E-state index contributed by atoms with van der Waals surface area (Å²) in [6.07, 6.45) is 3.14. The van der Waals surface area contributed by atoms with Crippen LogP contribution in [0.1, 0.15) is 40.9 Å². The Balaban J connectivity index is 1.27. The molecule has 4 rings (SSSR count). The third-order valence-corrected chi connectivity index (χ3v) is 4.90. The summed E-state index contributed by atoms with van der Waals surface area (Å²) in [4.78, 5) is 34.8. The molecule has 1 saturated heterocycles. The lowest BCUT2D eigenvalue weighted by Crippen LogP contribution is -2.43. The Labute approximate surface area is 167 Å². The first-order valence-electron chi connectivity index (χ1n) is 9.47. The number of nitrogens with zero attached hydrogens (tertiary/aromatic N) is 4. The Bertz CT molecular complexity index is 989. The van der Waals surface area contributed by atoms with Gasteiger partial charge in [0.25, 0.3) is 11.8 Å². The maximum Gasteiger partial charge on any atom is 0.287 e. The highest BCUT2D eigenvalue weighted by Gasteiger charge is 2.27. The lowest BCUT2D eigenvalue weighted by molar-refractivity contribution is -0.131. The van der Waals surface area contributed by atoms with Gasteiger partial charge in [-0.3, -0.25) is 14.6 Å². The molecular formula is C20H21N5O4.